The molecule has 2 aliphatic heterocycles. The molecule has 5 nitrogen and oxygen atoms in total. The van der Waals surface area contributed by atoms with Crippen molar-refractivity contribution in [1.29, 1.82) is 0 Å². The molecule has 0 N–H and O–H groups in total. The number of hydrogen-bond donors (Lipinski definition) is 0. The fraction of sp³-hybridized carbons (Fsp3) is 0.933. The summed E-state index contributed by atoms with van der Waals surface area (Å²) >= 11 is 0. The maximum absolute atomic E-state index is 11.3. The van der Waals surface area contributed by atoms with Gasteiger partial charge in [-0.25, -0.2) is 0 Å². The van der Waals surface area contributed by atoms with Crippen molar-refractivity contribution in [3.63, 3.8) is 0 Å². The van der Waals surface area contributed by atoms with Gasteiger partial charge in [0.25, 0.3) is 0 Å². The minimum atomic E-state index is -0.540. The first kappa shape index (κ1) is 15.7. The van der Waals surface area contributed by atoms with Crippen LogP contribution in [0.3, 0.4) is 0 Å². The third-order valence-electron chi connectivity index (χ3n) is 4.58. The predicted molar refractivity (Wildman–Crippen MR) is 75.3 cm³/mol. The van der Waals surface area contributed by atoms with Crippen molar-refractivity contribution in [3.05, 3.63) is 0 Å². The number of piperidine rings is 1. The summed E-state index contributed by atoms with van der Waals surface area (Å²) in [4.78, 5) is 13.8. The quantitative estimate of drug-likeness (QED) is 0.737. The summed E-state index contributed by atoms with van der Waals surface area (Å²) in [5.74, 6) is -0.375. The molecule has 20 heavy (non-hydrogen) atoms. The van der Waals surface area contributed by atoms with Crippen LogP contribution in [0.25, 0.3) is 0 Å². The molecule has 116 valence electrons. The largest absolute Gasteiger partial charge is 0.469 e. The maximum Gasteiger partial charge on any atom is 0.308 e. The minimum Gasteiger partial charge on any atom is -0.469 e. The van der Waals surface area contributed by atoms with E-state index in [-0.39, 0.29) is 18.5 Å². The van der Waals surface area contributed by atoms with E-state index in [0.29, 0.717) is 18.6 Å². The summed E-state index contributed by atoms with van der Waals surface area (Å²) in [6.45, 7) is 9.14. The van der Waals surface area contributed by atoms with E-state index < -0.39 is 5.79 Å². The molecule has 0 aromatic rings. The molecule has 2 unspecified atom stereocenters. The predicted octanol–water partition coefficient (Wildman–Crippen LogP) is 1.80. The summed E-state index contributed by atoms with van der Waals surface area (Å²) < 4.78 is 16.6. The average Bonchev–Trinajstić information content (AvgIpc) is 2.81. The van der Waals surface area contributed by atoms with Crippen molar-refractivity contribution in [2.45, 2.75) is 58.0 Å². The Bertz CT molecular complexity index is 339. The molecule has 0 spiro atoms. The summed E-state index contributed by atoms with van der Waals surface area (Å²) in [5, 5.41) is 0. The topological polar surface area (TPSA) is 48.0 Å². The zero-order chi connectivity index (χ0) is 14.8. The standard InChI is InChI=1S/C15H27NO4/c1-11(2)16-7-5-12(6-8-16)15(3)19-10-13(20-15)9-14(17)18-4/h11-13H,5-10H2,1-4H3. The maximum atomic E-state index is 11.3. The Morgan fingerprint density at radius 2 is 2.05 bits per heavy atom. The van der Waals surface area contributed by atoms with E-state index in [9.17, 15) is 4.79 Å². The number of methoxy groups -OCH3 is 1. The molecule has 0 saturated carbocycles. The number of nitrogens with zero attached hydrogens (tertiary/aromatic N) is 1. The van der Waals surface area contributed by atoms with Crippen LogP contribution in [0, 0.1) is 5.92 Å². The number of hydrogen-bond acceptors (Lipinski definition) is 5. The highest BCUT2D eigenvalue weighted by atomic mass is 16.7. The van der Waals surface area contributed by atoms with E-state index >= 15 is 0 Å². The van der Waals surface area contributed by atoms with E-state index in [1.54, 1.807) is 0 Å². The lowest BCUT2D eigenvalue weighted by Gasteiger charge is -2.40. The molecule has 2 atom stereocenters. The van der Waals surface area contributed by atoms with E-state index in [2.05, 4.69) is 23.5 Å². The van der Waals surface area contributed by atoms with Crippen molar-refractivity contribution in [2.75, 3.05) is 26.8 Å². The first-order valence-corrected chi connectivity index (χ1v) is 7.57. The van der Waals surface area contributed by atoms with Crippen molar-refractivity contribution >= 4 is 5.97 Å². The van der Waals surface area contributed by atoms with Gasteiger partial charge in [0.1, 0.15) is 0 Å². The van der Waals surface area contributed by atoms with E-state index in [1.807, 2.05) is 6.92 Å². The fourth-order valence-corrected chi connectivity index (χ4v) is 3.18. The van der Waals surface area contributed by atoms with Crippen LogP contribution in [0.2, 0.25) is 0 Å². The van der Waals surface area contributed by atoms with Crippen LogP contribution in [-0.2, 0) is 19.0 Å². The Labute approximate surface area is 121 Å². The number of ether oxygens (including phenoxy) is 3. The smallest absolute Gasteiger partial charge is 0.308 e. The molecule has 2 fully saturated rings. The second-order valence-electron chi connectivity index (χ2n) is 6.25. The number of likely N-dealkylation sites (tertiary alicyclic amines) is 1. The van der Waals surface area contributed by atoms with Gasteiger partial charge in [0.2, 0.25) is 0 Å². The molecule has 5 heteroatoms. The number of carbonyl (C=O) groups excluding carboxylic acids is 1. The van der Waals surface area contributed by atoms with Gasteiger partial charge in [0, 0.05) is 12.0 Å². The second kappa shape index (κ2) is 6.41. The zero-order valence-electron chi connectivity index (χ0n) is 13.1. The highest BCUT2D eigenvalue weighted by molar-refractivity contribution is 5.69. The molecule has 0 aliphatic carbocycles. The highest BCUT2D eigenvalue weighted by Gasteiger charge is 2.45. The van der Waals surface area contributed by atoms with Crippen molar-refractivity contribution in [1.82, 2.24) is 4.90 Å². The number of rotatable bonds is 4. The Morgan fingerprint density at radius 1 is 1.40 bits per heavy atom. The summed E-state index contributed by atoms with van der Waals surface area (Å²) in [6, 6.07) is 0.598. The third kappa shape index (κ3) is 3.51. The number of carbonyl (C=O) groups is 1. The first-order chi connectivity index (χ1) is 9.44. The molecule has 0 aromatic carbocycles. The monoisotopic (exact) mass is 285 g/mol. The van der Waals surface area contributed by atoms with Crippen LogP contribution in [-0.4, -0.2) is 55.6 Å². The van der Waals surface area contributed by atoms with Gasteiger partial charge >= 0.3 is 5.97 Å². The van der Waals surface area contributed by atoms with E-state index in [0.717, 1.165) is 25.9 Å². The van der Waals surface area contributed by atoms with Crippen LogP contribution < -0.4 is 0 Å². The molecule has 0 aromatic heterocycles. The minimum absolute atomic E-state index is 0.171. The van der Waals surface area contributed by atoms with Crippen LogP contribution in [0.5, 0.6) is 0 Å². The van der Waals surface area contributed by atoms with Crippen molar-refractivity contribution < 1.29 is 19.0 Å². The van der Waals surface area contributed by atoms with Crippen molar-refractivity contribution in [2.24, 2.45) is 5.92 Å². The van der Waals surface area contributed by atoms with Gasteiger partial charge in [-0.05, 0) is 46.7 Å². The Hall–Kier alpha value is -0.650. The molecular formula is C15H27NO4. The normalized spacial score (nSPS) is 32.8. The van der Waals surface area contributed by atoms with Gasteiger partial charge in [-0.1, -0.05) is 0 Å². The molecule has 0 bridgehead atoms. The molecule has 2 saturated heterocycles. The Kier molecular flexibility index (Phi) is 5.04. The van der Waals surface area contributed by atoms with Gasteiger partial charge in [0.05, 0.1) is 26.2 Å². The molecule has 2 aliphatic rings. The molecule has 0 radical (unpaired) electrons. The van der Waals surface area contributed by atoms with Gasteiger partial charge in [0.15, 0.2) is 5.79 Å². The Balaban J connectivity index is 1.85. The average molecular weight is 285 g/mol. The van der Waals surface area contributed by atoms with Crippen molar-refractivity contribution in [3.8, 4) is 0 Å². The molecule has 2 heterocycles. The summed E-state index contributed by atoms with van der Waals surface area (Å²) in [5.41, 5.74) is 0. The SMILES string of the molecule is COC(=O)CC1COC(C)(C2CCN(C(C)C)CC2)O1. The van der Waals surface area contributed by atoms with Gasteiger partial charge in [-0.3, -0.25) is 4.79 Å². The second-order valence-corrected chi connectivity index (χ2v) is 6.25. The lowest BCUT2D eigenvalue weighted by atomic mass is 9.89. The van der Waals surface area contributed by atoms with Gasteiger partial charge < -0.3 is 19.1 Å². The zero-order valence-corrected chi connectivity index (χ0v) is 13.1. The van der Waals surface area contributed by atoms with E-state index in [4.69, 9.17) is 9.47 Å². The van der Waals surface area contributed by atoms with E-state index in [1.165, 1.54) is 7.11 Å². The lowest BCUT2D eigenvalue weighted by molar-refractivity contribution is -0.202. The molecule has 2 rings (SSSR count). The van der Waals surface area contributed by atoms with Crippen LogP contribution >= 0.6 is 0 Å². The highest BCUT2D eigenvalue weighted by Crippen LogP contribution is 2.38. The van der Waals surface area contributed by atoms with Crippen LogP contribution in [0.4, 0.5) is 0 Å². The fourth-order valence-electron chi connectivity index (χ4n) is 3.18. The van der Waals surface area contributed by atoms with Crippen LogP contribution in [0.15, 0.2) is 0 Å². The summed E-state index contributed by atoms with van der Waals surface area (Å²) in [7, 11) is 1.40. The first-order valence-electron chi connectivity index (χ1n) is 7.57. The lowest BCUT2D eigenvalue weighted by Crippen LogP contribution is -2.46. The summed E-state index contributed by atoms with van der Waals surface area (Å²) in [6.07, 6.45) is 2.27. The van der Waals surface area contributed by atoms with Crippen LogP contribution in [0.1, 0.15) is 40.0 Å². The number of esters is 1. The molecule has 0 amide bonds. The van der Waals surface area contributed by atoms with Gasteiger partial charge in [-0.2, -0.15) is 0 Å². The van der Waals surface area contributed by atoms with Gasteiger partial charge in [-0.15, -0.1) is 0 Å². The molecular weight excluding hydrogens is 258 g/mol. The Morgan fingerprint density at radius 3 is 2.60 bits per heavy atom. The third-order valence-corrected chi connectivity index (χ3v) is 4.58.